The predicted octanol–water partition coefficient (Wildman–Crippen LogP) is 3.85. The maximum Gasteiger partial charge on any atom is 0.231 e. The van der Waals surface area contributed by atoms with Gasteiger partial charge in [0.25, 0.3) is 0 Å². The minimum absolute atomic E-state index is 0.224. The largest absolute Gasteiger partial charge is 0.495 e. The van der Waals surface area contributed by atoms with E-state index in [1.165, 1.54) is 5.56 Å². The first-order chi connectivity index (χ1) is 10.7. The van der Waals surface area contributed by atoms with Gasteiger partial charge in [0.05, 0.1) is 24.2 Å². The van der Waals surface area contributed by atoms with Crippen molar-refractivity contribution in [2.24, 2.45) is 0 Å². The van der Waals surface area contributed by atoms with Crippen LogP contribution in [0.1, 0.15) is 17.5 Å². The molecule has 0 saturated heterocycles. The van der Waals surface area contributed by atoms with Crippen LogP contribution in [0.5, 0.6) is 5.75 Å². The Morgan fingerprint density at radius 2 is 1.95 bits per heavy atom. The van der Waals surface area contributed by atoms with Crippen LogP contribution >= 0.6 is 11.6 Å². The fourth-order valence-electron chi connectivity index (χ4n) is 3.49. The van der Waals surface area contributed by atoms with E-state index >= 15 is 0 Å². The molecule has 2 aromatic rings. The standard InChI is InChI=1S/C18H16ClNO2/c1-22-16-9-11(4-5-15(16)19)13-7-12-3-2-6-20-17(21)10-14(8-13)18(12)20/h4-5,7-9H,2-3,6,10H2,1H3. The van der Waals surface area contributed by atoms with Crippen molar-refractivity contribution in [3.8, 4) is 16.9 Å². The first-order valence-electron chi connectivity index (χ1n) is 7.47. The van der Waals surface area contributed by atoms with Gasteiger partial charge in [-0.15, -0.1) is 0 Å². The lowest BCUT2D eigenvalue weighted by atomic mass is 9.94. The van der Waals surface area contributed by atoms with Gasteiger partial charge in [0.2, 0.25) is 5.91 Å². The predicted molar refractivity (Wildman–Crippen MR) is 87.8 cm³/mol. The van der Waals surface area contributed by atoms with Crippen LogP contribution in [0, 0.1) is 0 Å². The Labute approximate surface area is 134 Å². The van der Waals surface area contributed by atoms with Gasteiger partial charge in [-0.2, -0.15) is 0 Å². The van der Waals surface area contributed by atoms with Crippen molar-refractivity contribution in [1.29, 1.82) is 0 Å². The highest BCUT2D eigenvalue weighted by Gasteiger charge is 2.32. The Morgan fingerprint density at radius 1 is 1.14 bits per heavy atom. The molecule has 3 nitrogen and oxygen atoms in total. The highest BCUT2D eigenvalue weighted by Crippen LogP contribution is 2.40. The molecule has 4 heteroatoms. The first-order valence-corrected chi connectivity index (χ1v) is 7.85. The number of benzene rings is 2. The van der Waals surface area contributed by atoms with Crippen molar-refractivity contribution >= 4 is 23.2 Å². The van der Waals surface area contributed by atoms with Crippen molar-refractivity contribution in [2.45, 2.75) is 19.3 Å². The monoisotopic (exact) mass is 313 g/mol. The number of anilines is 1. The Balaban J connectivity index is 1.85. The molecule has 0 aromatic heterocycles. The van der Waals surface area contributed by atoms with Gasteiger partial charge >= 0.3 is 0 Å². The molecule has 0 aliphatic carbocycles. The molecule has 0 bridgehead atoms. The average molecular weight is 314 g/mol. The van der Waals surface area contributed by atoms with E-state index < -0.39 is 0 Å². The molecule has 0 atom stereocenters. The van der Waals surface area contributed by atoms with E-state index in [4.69, 9.17) is 16.3 Å². The number of carbonyl (C=O) groups is 1. The number of aryl methyl sites for hydroxylation is 1. The zero-order valence-corrected chi connectivity index (χ0v) is 13.1. The van der Waals surface area contributed by atoms with Crippen molar-refractivity contribution in [3.63, 3.8) is 0 Å². The number of methoxy groups -OCH3 is 1. The lowest BCUT2D eigenvalue weighted by Gasteiger charge is -2.26. The van der Waals surface area contributed by atoms with Crippen molar-refractivity contribution in [2.75, 3.05) is 18.6 Å². The third kappa shape index (κ3) is 2.00. The highest BCUT2D eigenvalue weighted by molar-refractivity contribution is 6.32. The number of hydrogen-bond acceptors (Lipinski definition) is 2. The molecule has 0 spiro atoms. The number of carbonyl (C=O) groups excluding carboxylic acids is 1. The molecule has 2 aliphatic heterocycles. The maximum absolute atomic E-state index is 12.1. The van der Waals surface area contributed by atoms with E-state index in [0.29, 0.717) is 17.2 Å². The smallest absolute Gasteiger partial charge is 0.231 e. The second-order valence-corrected chi connectivity index (χ2v) is 6.23. The minimum atomic E-state index is 0.224. The fourth-order valence-corrected chi connectivity index (χ4v) is 3.68. The molecule has 0 saturated carbocycles. The number of ether oxygens (including phenoxy) is 1. The summed E-state index contributed by atoms with van der Waals surface area (Å²) in [6.07, 6.45) is 2.58. The summed E-state index contributed by atoms with van der Waals surface area (Å²) in [6.45, 7) is 0.854. The molecule has 0 fully saturated rings. The molecular weight excluding hydrogens is 298 g/mol. The zero-order chi connectivity index (χ0) is 15.3. The average Bonchev–Trinajstić information content (AvgIpc) is 2.85. The lowest BCUT2D eigenvalue weighted by Crippen LogP contribution is -2.31. The quantitative estimate of drug-likeness (QED) is 0.843. The van der Waals surface area contributed by atoms with Crippen molar-refractivity contribution in [3.05, 3.63) is 46.5 Å². The van der Waals surface area contributed by atoms with E-state index in [-0.39, 0.29) is 5.91 Å². The van der Waals surface area contributed by atoms with Gasteiger partial charge in [0.15, 0.2) is 0 Å². The summed E-state index contributed by atoms with van der Waals surface area (Å²) < 4.78 is 5.31. The summed E-state index contributed by atoms with van der Waals surface area (Å²) in [6, 6.07) is 10.1. The number of hydrogen-bond donors (Lipinski definition) is 0. The van der Waals surface area contributed by atoms with Crippen molar-refractivity contribution in [1.82, 2.24) is 0 Å². The van der Waals surface area contributed by atoms with Crippen molar-refractivity contribution < 1.29 is 9.53 Å². The Hall–Kier alpha value is -2.00. The summed E-state index contributed by atoms with van der Waals surface area (Å²) in [7, 11) is 1.62. The Bertz CT molecular complexity index is 785. The van der Waals surface area contributed by atoms with Gasteiger partial charge in [0, 0.05) is 6.54 Å². The van der Waals surface area contributed by atoms with E-state index in [1.54, 1.807) is 7.11 Å². The van der Waals surface area contributed by atoms with Gasteiger partial charge in [-0.1, -0.05) is 17.7 Å². The van der Waals surface area contributed by atoms with Crippen LogP contribution in [0.3, 0.4) is 0 Å². The molecule has 2 heterocycles. The maximum atomic E-state index is 12.1. The van der Waals surface area contributed by atoms with E-state index in [9.17, 15) is 4.79 Å². The number of rotatable bonds is 2. The zero-order valence-electron chi connectivity index (χ0n) is 12.4. The van der Waals surface area contributed by atoms with Gasteiger partial charge in [0.1, 0.15) is 5.75 Å². The molecule has 0 N–H and O–H groups in total. The number of halogens is 1. The Kier molecular flexibility index (Phi) is 3.12. The summed E-state index contributed by atoms with van der Waals surface area (Å²) >= 11 is 6.11. The first kappa shape index (κ1) is 13.6. The van der Waals surface area contributed by atoms with E-state index in [2.05, 4.69) is 12.1 Å². The van der Waals surface area contributed by atoms with Crippen LogP contribution < -0.4 is 9.64 Å². The van der Waals surface area contributed by atoms with Gasteiger partial charge in [-0.25, -0.2) is 0 Å². The highest BCUT2D eigenvalue weighted by atomic mass is 35.5. The van der Waals surface area contributed by atoms with Crippen LogP contribution in [0.25, 0.3) is 11.1 Å². The van der Waals surface area contributed by atoms with Crippen LogP contribution in [0.2, 0.25) is 5.02 Å². The normalized spacial score (nSPS) is 15.9. The molecule has 0 unspecified atom stereocenters. The summed E-state index contributed by atoms with van der Waals surface area (Å²) in [5.74, 6) is 0.896. The van der Waals surface area contributed by atoms with Crippen LogP contribution in [0.4, 0.5) is 5.69 Å². The molecule has 4 rings (SSSR count). The van der Waals surface area contributed by atoms with Gasteiger partial charge in [-0.05, 0) is 59.4 Å². The van der Waals surface area contributed by atoms with E-state index in [0.717, 1.165) is 41.8 Å². The summed E-state index contributed by atoms with van der Waals surface area (Å²) in [5, 5.41) is 0.607. The summed E-state index contributed by atoms with van der Waals surface area (Å²) in [4.78, 5) is 14.1. The SMILES string of the molecule is COc1cc(-c2cc3c4c(c2)CC(=O)N4CCC3)ccc1Cl. The molecule has 0 radical (unpaired) electrons. The minimum Gasteiger partial charge on any atom is -0.495 e. The van der Waals surface area contributed by atoms with Gasteiger partial charge < -0.3 is 9.64 Å². The molecule has 2 aromatic carbocycles. The molecule has 2 aliphatic rings. The fraction of sp³-hybridized carbons (Fsp3) is 0.278. The lowest BCUT2D eigenvalue weighted by molar-refractivity contribution is -0.117. The third-order valence-electron chi connectivity index (χ3n) is 4.49. The second-order valence-electron chi connectivity index (χ2n) is 5.82. The molecular formula is C18H16ClNO2. The Morgan fingerprint density at radius 3 is 2.77 bits per heavy atom. The van der Waals surface area contributed by atoms with Gasteiger partial charge in [-0.3, -0.25) is 4.79 Å². The number of nitrogens with zero attached hydrogens (tertiary/aromatic N) is 1. The van der Waals surface area contributed by atoms with Crippen LogP contribution in [-0.2, 0) is 17.6 Å². The van der Waals surface area contributed by atoms with Crippen LogP contribution in [0.15, 0.2) is 30.3 Å². The molecule has 1 amide bonds. The van der Waals surface area contributed by atoms with E-state index in [1.807, 2.05) is 23.1 Å². The number of amides is 1. The summed E-state index contributed by atoms with van der Waals surface area (Å²) in [5.41, 5.74) is 5.77. The topological polar surface area (TPSA) is 29.5 Å². The molecule has 22 heavy (non-hydrogen) atoms. The molecule has 112 valence electrons. The second kappa shape index (κ2) is 5.03. The van der Waals surface area contributed by atoms with Crippen LogP contribution in [-0.4, -0.2) is 19.6 Å². The third-order valence-corrected chi connectivity index (χ3v) is 4.80.